The van der Waals surface area contributed by atoms with Gasteiger partial charge >= 0.3 is 0 Å². The Morgan fingerprint density at radius 2 is 1.86 bits per heavy atom. The second-order valence-corrected chi connectivity index (χ2v) is 6.19. The summed E-state index contributed by atoms with van der Waals surface area (Å²) in [6.45, 7) is 2.10. The Hall–Kier alpha value is -1.68. The van der Waals surface area contributed by atoms with E-state index in [4.69, 9.17) is 10.3 Å². The van der Waals surface area contributed by atoms with Crippen LogP contribution in [-0.4, -0.2) is 10.1 Å². The third kappa shape index (κ3) is 3.16. The molecule has 0 radical (unpaired) electrons. The van der Waals surface area contributed by atoms with Crippen molar-refractivity contribution in [2.75, 3.05) is 0 Å². The molecule has 1 heterocycles. The van der Waals surface area contributed by atoms with E-state index in [0.29, 0.717) is 12.3 Å². The first kappa shape index (κ1) is 14.3. The molecule has 0 aliphatic heterocycles. The second-order valence-electron chi connectivity index (χ2n) is 6.19. The van der Waals surface area contributed by atoms with Crippen molar-refractivity contribution < 1.29 is 4.52 Å². The van der Waals surface area contributed by atoms with Crippen molar-refractivity contribution in [1.82, 2.24) is 10.1 Å². The van der Waals surface area contributed by atoms with Crippen LogP contribution in [-0.2, 0) is 12.0 Å². The Bertz CT molecular complexity index is 598. The number of hydrogen-bond donors (Lipinski definition) is 1. The van der Waals surface area contributed by atoms with E-state index >= 15 is 0 Å². The number of aromatic nitrogens is 2. The molecule has 0 bridgehead atoms. The standard InChI is InChI=1S/C17H23N3O/c1-13-8-4-5-9-14(13)12-15-19-16(21-20-15)17(18)10-6-2-3-7-11-17/h4-5,8-9H,2-3,6-7,10-12,18H2,1H3. The van der Waals surface area contributed by atoms with Crippen molar-refractivity contribution in [2.24, 2.45) is 5.73 Å². The molecule has 21 heavy (non-hydrogen) atoms. The van der Waals surface area contributed by atoms with Gasteiger partial charge in [-0.3, -0.25) is 0 Å². The third-order valence-electron chi connectivity index (χ3n) is 4.50. The first-order valence-corrected chi connectivity index (χ1v) is 7.84. The Labute approximate surface area is 125 Å². The van der Waals surface area contributed by atoms with Gasteiger partial charge in [0, 0.05) is 6.42 Å². The normalized spacial score (nSPS) is 18.4. The summed E-state index contributed by atoms with van der Waals surface area (Å²) in [7, 11) is 0. The zero-order chi connectivity index (χ0) is 14.7. The fourth-order valence-corrected chi connectivity index (χ4v) is 3.08. The quantitative estimate of drug-likeness (QED) is 0.877. The summed E-state index contributed by atoms with van der Waals surface area (Å²) in [5.41, 5.74) is 8.58. The zero-order valence-electron chi connectivity index (χ0n) is 12.6. The Kier molecular flexibility index (Phi) is 4.06. The van der Waals surface area contributed by atoms with E-state index in [-0.39, 0.29) is 0 Å². The number of benzene rings is 1. The zero-order valence-corrected chi connectivity index (χ0v) is 12.6. The molecule has 0 saturated heterocycles. The van der Waals surface area contributed by atoms with Crippen molar-refractivity contribution in [3.63, 3.8) is 0 Å². The molecule has 1 saturated carbocycles. The van der Waals surface area contributed by atoms with Gasteiger partial charge in [0.1, 0.15) is 0 Å². The van der Waals surface area contributed by atoms with Gasteiger partial charge in [0.05, 0.1) is 5.54 Å². The molecule has 1 aliphatic carbocycles. The van der Waals surface area contributed by atoms with Crippen molar-refractivity contribution in [2.45, 2.75) is 57.4 Å². The van der Waals surface area contributed by atoms with Crippen LogP contribution in [0.15, 0.2) is 28.8 Å². The molecule has 4 heteroatoms. The lowest BCUT2D eigenvalue weighted by Crippen LogP contribution is -2.36. The molecule has 0 unspecified atom stereocenters. The fraction of sp³-hybridized carbons (Fsp3) is 0.529. The van der Waals surface area contributed by atoms with Gasteiger partial charge in [-0.1, -0.05) is 55.1 Å². The van der Waals surface area contributed by atoms with Gasteiger partial charge < -0.3 is 10.3 Å². The highest BCUT2D eigenvalue weighted by Crippen LogP contribution is 2.32. The molecule has 0 atom stereocenters. The number of nitrogens with two attached hydrogens (primary N) is 1. The van der Waals surface area contributed by atoms with Crippen LogP contribution in [0, 0.1) is 6.92 Å². The van der Waals surface area contributed by atoms with Gasteiger partial charge in [-0.15, -0.1) is 0 Å². The number of hydrogen-bond acceptors (Lipinski definition) is 4. The summed E-state index contributed by atoms with van der Waals surface area (Å²) < 4.78 is 5.49. The lowest BCUT2D eigenvalue weighted by atomic mass is 9.91. The van der Waals surface area contributed by atoms with Gasteiger partial charge in [-0.2, -0.15) is 4.98 Å². The Morgan fingerprint density at radius 3 is 2.57 bits per heavy atom. The van der Waals surface area contributed by atoms with E-state index in [1.165, 1.54) is 24.0 Å². The molecule has 112 valence electrons. The van der Waals surface area contributed by atoms with E-state index in [1.807, 2.05) is 12.1 Å². The van der Waals surface area contributed by atoms with E-state index in [1.54, 1.807) is 0 Å². The highest BCUT2D eigenvalue weighted by Gasteiger charge is 2.34. The lowest BCUT2D eigenvalue weighted by Gasteiger charge is -2.22. The summed E-state index contributed by atoms with van der Waals surface area (Å²) in [6, 6.07) is 8.29. The second kappa shape index (κ2) is 5.98. The Balaban J connectivity index is 1.78. The third-order valence-corrected chi connectivity index (χ3v) is 4.50. The molecule has 0 amide bonds. The van der Waals surface area contributed by atoms with Crippen LogP contribution >= 0.6 is 0 Å². The van der Waals surface area contributed by atoms with Crippen LogP contribution in [0.5, 0.6) is 0 Å². The van der Waals surface area contributed by atoms with E-state index < -0.39 is 5.54 Å². The Morgan fingerprint density at radius 1 is 1.14 bits per heavy atom. The summed E-state index contributed by atoms with van der Waals surface area (Å²) in [6.07, 6.45) is 7.38. The maximum Gasteiger partial charge on any atom is 0.246 e. The highest BCUT2D eigenvalue weighted by atomic mass is 16.5. The first-order valence-electron chi connectivity index (χ1n) is 7.84. The number of aryl methyl sites for hydroxylation is 1. The van der Waals surface area contributed by atoms with Crippen LogP contribution in [0.3, 0.4) is 0 Å². The average Bonchev–Trinajstić information content (AvgIpc) is 2.84. The molecule has 0 spiro atoms. The topological polar surface area (TPSA) is 64.9 Å². The molecular formula is C17H23N3O. The summed E-state index contributed by atoms with van der Waals surface area (Å²) in [5.74, 6) is 1.35. The molecule has 1 aromatic heterocycles. The minimum atomic E-state index is -0.423. The smallest absolute Gasteiger partial charge is 0.246 e. The molecule has 1 fully saturated rings. The van der Waals surface area contributed by atoms with E-state index in [0.717, 1.165) is 31.5 Å². The monoisotopic (exact) mass is 285 g/mol. The summed E-state index contributed by atoms with van der Waals surface area (Å²) >= 11 is 0. The summed E-state index contributed by atoms with van der Waals surface area (Å²) in [5, 5.41) is 4.14. The first-order chi connectivity index (χ1) is 10.2. The largest absolute Gasteiger partial charge is 0.337 e. The van der Waals surface area contributed by atoms with Crippen LogP contribution in [0.2, 0.25) is 0 Å². The molecule has 3 rings (SSSR count). The molecule has 1 aromatic carbocycles. The van der Waals surface area contributed by atoms with Crippen molar-refractivity contribution >= 4 is 0 Å². The predicted molar refractivity (Wildman–Crippen MR) is 81.9 cm³/mol. The number of nitrogens with zero attached hydrogens (tertiary/aromatic N) is 2. The van der Waals surface area contributed by atoms with Crippen molar-refractivity contribution in [3.05, 3.63) is 47.1 Å². The molecule has 2 N–H and O–H groups in total. The highest BCUT2D eigenvalue weighted by molar-refractivity contribution is 5.28. The molecule has 2 aromatic rings. The van der Waals surface area contributed by atoms with Gasteiger partial charge in [0.15, 0.2) is 5.82 Å². The SMILES string of the molecule is Cc1ccccc1Cc1noc(C2(N)CCCCCC2)n1. The maximum absolute atomic E-state index is 6.52. The predicted octanol–water partition coefficient (Wildman–Crippen LogP) is 3.48. The van der Waals surface area contributed by atoms with Gasteiger partial charge in [-0.25, -0.2) is 0 Å². The average molecular weight is 285 g/mol. The maximum atomic E-state index is 6.52. The van der Waals surface area contributed by atoms with Crippen LogP contribution < -0.4 is 5.73 Å². The van der Waals surface area contributed by atoms with Crippen LogP contribution in [0.1, 0.15) is 61.4 Å². The molecule has 1 aliphatic rings. The minimum absolute atomic E-state index is 0.423. The minimum Gasteiger partial charge on any atom is -0.337 e. The van der Waals surface area contributed by atoms with E-state index in [9.17, 15) is 0 Å². The molecule has 4 nitrogen and oxygen atoms in total. The van der Waals surface area contributed by atoms with Gasteiger partial charge in [0.2, 0.25) is 5.89 Å². The van der Waals surface area contributed by atoms with Crippen LogP contribution in [0.25, 0.3) is 0 Å². The lowest BCUT2D eigenvalue weighted by molar-refractivity contribution is 0.256. The van der Waals surface area contributed by atoms with Gasteiger partial charge in [0.25, 0.3) is 0 Å². The van der Waals surface area contributed by atoms with Crippen molar-refractivity contribution in [3.8, 4) is 0 Å². The molecular weight excluding hydrogens is 262 g/mol. The summed E-state index contributed by atoms with van der Waals surface area (Å²) in [4.78, 5) is 4.58. The van der Waals surface area contributed by atoms with E-state index in [2.05, 4.69) is 29.2 Å². The van der Waals surface area contributed by atoms with Crippen LogP contribution in [0.4, 0.5) is 0 Å². The number of rotatable bonds is 3. The van der Waals surface area contributed by atoms with Gasteiger partial charge in [-0.05, 0) is 30.9 Å². The van der Waals surface area contributed by atoms with Crippen molar-refractivity contribution in [1.29, 1.82) is 0 Å². The fourth-order valence-electron chi connectivity index (χ4n) is 3.08.